The molecule has 2 aromatic rings. The fourth-order valence-electron chi connectivity index (χ4n) is 2.21. The van der Waals surface area contributed by atoms with Gasteiger partial charge >= 0.3 is 0 Å². The second-order valence-electron chi connectivity index (χ2n) is 6.81. The summed E-state index contributed by atoms with van der Waals surface area (Å²) in [5, 5.41) is 10.0. The standard InChI is InChI=1S/C19H29N5O/c1-5-20-18(21-11-12-23-19(2,3)4)22-13-16-14-25-17(24-16)15-9-7-6-8-10-15/h6-10,14,23H,5,11-13H2,1-4H3,(H2,20,21,22). The van der Waals surface area contributed by atoms with Gasteiger partial charge in [-0.3, -0.25) is 0 Å². The van der Waals surface area contributed by atoms with Crippen LogP contribution >= 0.6 is 0 Å². The van der Waals surface area contributed by atoms with Crippen LogP contribution in [0, 0.1) is 0 Å². The van der Waals surface area contributed by atoms with E-state index in [1.165, 1.54) is 0 Å². The molecule has 0 radical (unpaired) electrons. The first-order valence-corrected chi connectivity index (χ1v) is 8.75. The van der Waals surface area contributed by atoms with Gasteiger partial charge in [-0.25, -0.2) is 9.98 Å². The fourth-order valence-corrected chi connectivity index (χ4v) is 2.21. The molecular formula is C19H29N5O. The van der Waals surface area contributed by atoms with E-state index in [0.29, 0.717) is 12.4 Å². The van der Waals surface area contributed by atoms with Crippen molar-refractivity contribution in [3.05, 3.63) is 42.3 Å². The van der Waals surface area contributed by atoms with Gasteiger partial charge in [-0.05, 0) is 39.8 Å². The average Bonchev–Trinajstić information content (AvgIpc) is 3.05. The molecule has 6 nitrogen and oxygen atoms in total. The highest BCUT2D eigenvalue weighted by Gasteiger charge is 2.08. The largest absolute Gasteiger partial charge is 0.444 e. The molecule has 0 spiro atoms. The minimum atomic E-state index is 0.117. The SMILES string of the molecule is CCNC(=NCc1coc(-c2ccccc2)n1)NCCNC(C)(C)C. The van der Waals surface area contributed by atoms with Crippen molar-refractivity contribution < 1.29 is 4.42 Å². The van der Waals surface area contributed by atoms with Crippen LogP contribution in [-0.4, -0.2) is 36.1 Å². The van der Waals surface area contributed by atoms with E-state index < -0.39 is 0 Å². The highest BCUT2D eigenvalue weighted by Crippen LogP contribution is 2.18. The van der Waals surface area contributed by atoms with Crippen LogP contribution < -0.4 is 16.0 Å². The lowest BCUT2D eigenvalue weighted by Gasteiger charge is -2.21. The van der Waals surface area contributed by atoms with Gasteiger partial charge in [0.05, 0.1) is 6.54 Å². The molecule has 0 bridgehead atoms. The quantitative estimate of drug-likeness (QED) is 0.409. The lowest BCUT2D eigenvalue weighted by Crippen LogP contribution is -2.44. The molecule has 0 atom stereocenters. The minimum absolute atomic E-state index is 0.117. The van der Waals surface area contributed by atoms with Crippen molar-refractivity contribution >= 4 is 5.96 Å². The molecule has 1 aromatic heterocycles. The summed E-state index contributed by atoms with van der Waals surface area (Å²) >= 11 is 0. The van der Waals surface area contributed by atoms with Crippen molar-refractivity contribution in [3.8, 4) is 11.5 Å². The smallest absolute Gasteiger partial charge is 0.226 e. The van der Waals surface area contributed by atoms with Crippen LogP contribution in [0.15, 0.2) is 46.0 Å². The Labute approximate surface area is 150 Å². The third-order valence-corrected chi connectivity index (χ3v) is 3.39. The zero-order chi connectivity index (χ0) is 18.1. The van der Waals surface area contributed by atoms with Crippen molar-refractivity contribution in [1.29, 1.82) is 0 Å². The third kappa shape index (κ3) is 6.97. The monoisotopic (exact) mass is 343 g/mol. The first kappa shape index (κ1) is 19.0. The van der Waals surface area contributed by atoms with Gasteiger partial charge in [0, 0.05) is 30.7 Å². The Hall–Kier alpha value is -2.34. The van der Waals surface area contributed by atoms with Gasteiger partial charge in [-0.15, -0.1) is 0 Å². The fraction of sp³-hybridized carbons (Fsp3) is 0.474. The van der Waals surface area contributed by atoms with Crippen molar-refractivity contribution in [2.24, 2.45) is 4.99 Å². The van der Waals surface area contributed by atoms with E-state index in [2.05, 4.69) is 46.7 Å². The van der Waals surface area contributed by atoms with Crippen LogP contribution in [0.4, 0.5) is 0 Å². The minimum Gasteiger partial charge on any atom is -0.444 e. The van der Waals surface area contributed by atoms with E-state index in [0.717, 1.165) is 36.9 Å². The predicted octanol–water partition coefficient (Wildman–Crippen LogP) is 2.78. The van der Waals surface area contributed by atoms with Gasteiger partial charge < -0.3 is 20.4 Å². The van der Waals surface area contributed by atoms with Crippen LogP contribution in [-0.2, 0) is 6.54 Å². The van der Waals surface area contributed by atoms with E-state index in [1.807, 2.05) is 37.3 Å². The molecule has 0 saturated heterocycles. The molecule has 0 amide bonds. The number of hydrogen-bond donors (Lipinski definition) is 3. The molecule has 0 unspecified atom stereocenters. The van der Waals surface area contributed by atoms with Crippen molar-refractivity contribution in [2.45, 2.75) is 39.8 Å². The van der Waals surface area contributed by atoms with Crippen molar-refractivity contribution in [3.63, 3.8) is 0 Å². The van der Waals surface area contributed by atoms with Crippen LogP contribution in [0.25, 0.3) is 11.5 Å². The van der Waals surface area contributed by atoms with Crippen molar-refractivity contribution in [2.75, 3.05) is 19.6 Å². The normalized spacial score (nSPS) is 12.2. The predicted molar refractivity (Wildman–Crippen MR) is 103 cm³/mol. The van der Waals surface area contributed by atoms with Crippen molar-refractivity contribution in [1.82, 2.24) is 20.9 Å². The summed E-state index contributed by atoms with van der Waals surface area (Å²) in [5.74, 6) is 1.40. The number of hydrogen-bond acceptors (Lipinski definition) is 4. The molecule has 0 aliphatic carbocycles. The maximum atomic E-state index is 5.55. The van der Waals surface area contributed by atoms with Gasteiger partial charge in [0.25, 0.3) is 0 Å². The zero-order valence-electron chi connectivity index (χ0n) is 15.6. The van der Waals surface area contributed by atoms with Gasteiger partial charge in [0.1, 0.15) is 12.0 Å². The number of rotatable bonds is 7. The molecule has 1 aromatic carbocycles. The first-order chi connectivity index (χ1) is 12.0. The third-order valence-electron chi connectivity index (χ3n) is 3.39. The van der Waals surface area contributed by atoms with Crippen LogP contribution in [0.5, 0.6) is 0 Å². The summed E-state index contributed by atoms with van der Waals surface area (Å²) in [6, 6.07) is 9.87. The van der Waals surface area contributed by atoms with Gasteiger partial charge in [0.2, 0.25) is 5.89 Å². The summed E-state index contributed by atoms with van der Waals surface area (Å²) in [5.41, 5.74) is 1.89. The maximum Gasteiger partial charge on any atom is 0.226 e. The van der Waals surface area contributed by atoms with E-state index >= 15 is 0 Å². The second kappa shape index (κ2) is 9.22. The molecule has 0 saturated carbocycles. The molecule has 1 heterocycles. The summed E-state index contributed by atoms with van der Waals surface area (Å²) < 4.78 is 5.55. The Morgan fingerprint density at radius 3 is 2.56 bits per heavy atom. The van der Waals surface area contributed by atoms with E-state index in [1.54, 1.807) is 6.26 Å². The molecular weight excluding hydrogens is 314 g/mol. The Morgan fingerprint density at radius 1 is 1.12 bits per heavy atom. The lowest BCUT2D eigenvalue weighted by atomic mass is 10.1. The Balaban J connectivity index is 1.89. The summed E-state index contributed by atoms with van der Waals surface area (Å²) in [7, 11) is 0. The molecule has 136 valence electrons. The first-order valence-electron chi connectivity index (χ1n) is 8.75. The molecule has 0 aliphatic heterocycles. The van der Waals surface area contributed by atoms with E-state index in [9.17, 15) is 0 Å². The highest BCUT2D eigenvalue weighted by molar-refractivity contribution is 5.79. The number of aliphatic imine (C=N–C) groups is 1. The number of nitrogens with zero attached hydrogens (tertiary/aromatic N) is 2. The number of benzene rings is 1. The van der Waals surface area contributed by atoms with Gasteiger partial charge in [-0.1, -0.05) is 18.2 Å². The summed E-state index contributed by atoms with van der Waals surface area (Å²) in [6.07, 6.45) is 1.66. The van der Waals surface area contributed by atoms with Crippen LogP contribution in [0.3, 0.4) is 0 Å². The average molecular weight is 343 g/mol. The van der Waals surface area contributed by atoms with E-state index in [4.69, 9.17) is 4.42 Å². The Morgan fingerprint density at radius 2 is 1.88 bits per heavy atom. The second-order valence-corrected chi connectivity index (χ2v) is 6.81. The molecule has 2 rings (SSSR count). The lowest BCUT2D eigenvalue weighted by molar-refractivity contribution is 0.428. The maximum absolute atomic E-state index is 5.55. The highest BCUT2D eigenvalue weighted by atomic mass is 16.3. The van der Waals surface area contributed by atoms with Gasteiger partial charge in [0.15, 0.2) is 5.96 Å². The topological polar surface area (TPSA) is 74.5 Å². The van der Waals surface area contributed by atoms with Crippen LogP contribution in [0.1, 0.15) is 33.4 Å². The Bertz CT molecular complexity index is 658. The summed E-state index contributed by atoms with van der Waals surface area (Å²) in [4.78, 5) is 9.07. The molecule has 3 N–H and O–H groups in total. The number of oxazole rings is 1. The molecule has 0 fully saturated rings. The van der Waals surface area contributed by atoms with Crippen LogP contribution in [0.2, 0.25) is 0 Å². The van der Waals surface area contributed by atoms with E-state index in [-0.39, 0.29) is 5.54 Å². The number of guanidine groups is 1. The number of nitrogens with one attached hydrogen (secondary N) is 3. The number of aromatic nitrogens is 1. The molecule has 6 heteroatoms. The van der Waals surface area contributed by atoms with Gasteiger partial charge in [-0.2, -0.15) is 0 Å². The summed E-state index contributed by atoms with van der Waals surface area (Å²) in [6.45, 7) is 11.5. The Kier molecular flexibility index (Phi) is 7.01. The molecule has 25 heavy (non-hydrogen) atoms. The molecule has 0 aliphatic rings. The zero-order valence-corrected chi connectivity index (χ0v) is 15.6.